The van der Waals surface area contributed by atoms with Crippen LogP contribution in [0.4, 0.5) is 0 Å². The van der Waals surface area contributed by atoms with E-state index in [2.05, 4.69) is 38.9 Å². The first-order valence-corrected chi connectivity index (χ1v) is 8.66. The van der Waals surface area contributed by atoms with Gasteiger partial charge >= 0.3 is 0 Å². The molecule has 0 aromatic heterocycles. The number of rotatable bonds is 4. The Labute approximate surface area is 117 Å². The lowest BCUT2D eigenvalue weighted by molar-refractivity contribution is -0.137. The van der Waals surface area contributed by atoms with E-state index in [1.807, 2.05) is 0 Å². The van der Waals surface area contributed by atoms with Gasteiger partial charge in [0.05, 0.1) is 0 Å². The summed E-state index contributed by atoms with van der Waals surface area (Å²) in [5.74, 6) is 2.81. The van der Waals surface area contributed by atoms with Gasteiger partial charge in [0.1, 0.15) is 0 Å². The van der Waals surface area contributed by atoms with E-state index in [0.717, 1.165) is 18.2 Å². The summed E-state index contributed by atoms with van der Waals surface area (Å²) in [7, 11) is 0. The van der Waals surface area contributed by atoms with Crippen LogP contribution in [0.5, 0.6) is 0 Å². The van der Waals surface area contributed by atoms with Crippen LogP contribution in [0.3, 0.4) is 0 Å². The third kappa shape index (κ3) is 4.18. The smallest absolute Gasteiger partial charge is 0.226 e. The quantitative estimate of drug-likeness (QED) is 0.778. The summed E-state index contributed by atoms with van der Waals surface area (Å²) < 4.78 is 0. The standard InChI is InChI=1S/C15H29NOS/c1-11(2)14-7-6-12(3)8-9-16(14)15(17)13(4)10-18-5/h11-14H,6-10H2,1-5H3. The Morgan fingerprint density at radius 3 is 2.50 bits per heavy atom. The Hall–Kier alpha value is -0.180. The molecule has 0 spiro atoms. The molecule has 1 saturated heterocycles. The summed E-state index contributed by atoms with van der Waals surface area (Å²) in [5, 5.41) is 0. The third-order valence-corrected chi connectivity index (χ3v) is 4.94. The van der Waals surface area contributed by atoms with Crippen molar-refractivity contribution in [2.24, 2.45) is 17.8 Å². The Morgan fingerprint density at radius 1 is 1.28 bits per heavy atom. The van der Waals surface area contributed by atoms with E-state index < -0.39 is 0 Å². The highest BCUT2D eigenvalue weighted by molar-refractivity contribution is 7.98. The maximum Gasteiger partial charge on any atom is 0.226 e. The van der Waals surface area contributed by atoms with Gasteiger partial charge in [-0.2, -0.15) is 11.8 Å². The molecular formula is C15H29NOS. The van der Waals surface area contributed by atoms with Gasteiger partial charge in [-0.15, -0.1) is 0 Å². The van der Waals surface area contributed by atoms with Gasteiger partial charge < -0.3 is 4.90 Å². The van der Waals surface area contributed by atoms with Crippen molar-refractivity contribution in [1.82, 2.24) is 4.90 Å². The second-order valence-corrected chi connectivity index (χ2v) is 7.08. The molecule has 2 nitrogen and oxygen atoms in total. The maximum absolute atomic E-state index is 12.6. The van der Waals surface area contributed by atoms with Crippen molar-refractivity contribution >= 4 is 17.7 Å². The molecule has 0 aromatic rings. The van der Waals surface area contributed by atoms with Crippen molar-refractivity contribution in [1.29, 1.82) is 0 Å². The highest BCUT2D eigenvalue weighted by Gasteiger charge is 2.31. The average molecular weight is 271 g/mol. The molecule has 1 heterocycles. The molecule has 3 heteroatoms. The Balaban J connectivity index is 2.76. The molecule has 1 aliphatic rings. The molecule has 0 bridgehead atoms. The molecule has 1 aliphatic heterocycles. The van der Waals surface area contributed by atoms with Crippen molar-refractivity contribution < 1.29 is 4.79 Å². The monoisotopic (exact) mass is 271 g/mol. The molecule has 3 atom stereocenters. The minimum atomic E-state index is 0.162. The minimum absolute atomic E-state index is 0.162. The number of likely N-dealkylation sites (tertiary alicyclic amines) is 1. The van der Waals surface area contributed by atoms with E-state index >= 15 is 0 Å². The van der Waals surface area contributed by atoms with Gasteiger partial charge in [0, 0.05) is 24.3 Å². The number of amides is 1. The van der Waals surface area contributed by atoms with E-state index in [9.17, 15) is 4.79 Å². The van der Waals surface area contributed by atoms with E-state index in [4.69, 9.17) is 0 Å². The van der Waals surface area contributed by atoms with Gasteiger partial charge in [-0.25, -0.2) is 0 Å². The Bertz CT molecular complexity index is 267. The molecule has 0 aliphatic carbocycles. The molecule has 0 radical (unpaired) electrons. The molecule has 1 amide bonds. The van der Waals surface area contributed by atoms with E-state index in [1.165, 1.54) is 19.3 Å². The molecule has 0 N–H and O–H groups in total. The Morgan fingerprint density at radius 2 is 1.94 bits per heavy atom. The maximum atomic E-state index is 12.6. The second-order valence-electron chi connectivity index (χ2n) is 6.17. The molecule has 3 unspecified atom stereocenters. The molecular weight excluding hydrogens is 242 g/mol. The highest BCUT2D eigenvalue weighted by atomic mass is 32.2. The van der Waals surface area contributed by atoms with Crippen molar-refractivity contribution in [2.75, 3.05) is 18.6 Å². The predicted octanol–water partition coefficient (Wildman–Crippen LogP) is 3.66. The lowest BCUT2D eigenvalue weighted by Crippen LogP contribution is -2.45. The highest BCUT2D eigenvalue weighted by Crippen LogP contribution is 2.27. The van der Waals surface area contributed by atoms with Gasteiger partial charge in [-0.3, -0.25) is 4.79 Å². The minimum Gasteiger partial charge on any atom is -0.339 e. The number of carbonyl (C=O) groups is 1. The zero-order valence-corrected chi connectivity index (χ0v) is 13.4. The SMILES string of the molecule is CSCC(C)C(=O)N1CCC(C)CCC1C(C)C. The lowest BCUT2D eigenvalue weighted by Gasteiger charge is -2.34. The van der Waals surface area contributed by atoms with Crippen LogP contribution in [-0.4, -0.2) is 35.4 Å². The van der Waals surface area contributed by atoms with Crippen LogP contribution in [0.2, 0.25) is 0 Å². The van der Waals surface area contributed by atoms with Crippen LogP contribution in [-0.2, 0) is 4.79 Å². The zero-order chi connectivity index (χ0) is 13.7. The van der Waals surface area contributed by atoms with Crippen LogP contribution in [0.1, 0.15) is 47.0 Å². The summed E-state index contributed by atoms with van der Waals surface area (Å²) in [6.45, 7) is 9.85. The van der Waals surface area contributed by atoms with Crippen molar-refractivity contribution in [3.63, 3.8) is 0 Å². The number of carbonyl (C=O) groups excluding carboxylic acids is 1. The fraction of sp³-hybridized carbons (Fsp3) is 0.933. The van der Waals surface area contributed by atoms with Gasteiger partial charge in [0.15, 0.2) is 0 Å². The Kier molecular flexibility index (Phi) is 6.54. The molecule has 0 aromatic carbocycles. The lowest BCUT2D eigenvalue weighted by atomic mass is 9.95. The summed E-state index contributed by atoms with van der Waals surface area (Å²) >= 11 is 1.77. The molecule has 0 saturated carbocycles. The first-order chi connectivity index (χ1) is 8.47. The molecule has 18 heavy (non-hydrogen) atoms. The zero-order valence-electron chi connectivity index (χ0n) is 12.6. The first kappa shape index (κ1) is 15.9. The number of thioether (sulfide) groups is 1. The fourth-order valence-electron chi connectivity index (χ4n) is 2.85. The summed E-state index contributed by atoms with van der Waals surface area (Å²) in [6, 6.07) is 0.451. The molecule has 1 rings (SSSR count). The fourth-order valence-corrected chi connectivity index (χ4v) is 3.49. The summed E-state index contributed by atoms with van der Waals surface area (Å²) in [6.07, 6.45) is 5.69. The predicted molar refractivity (Wildman–Crippen MR) is 80.9 cm³/mol. The van der Waals surface area contributed by atoms with Crippen molar-refractivity contribution in [3.8, 4) is 0 Å². The van der Waals surface area contributed by atoms with E-state index in [-0.39, 0.29) is 5.92 Å². The molecule has 106 valence electrons. The van der Waals surface area contributed by atoms with Crippen LogP contribution in [0.15, 0.2) is 0 Å². The van der Waals surface area contributed by atoms with Crippen LogP contribution in [0, 0.1) is 17.8 Å². The largest absolute Gasteiger partial charge is 0.339 e. The third-order valence-electron chi connectivity index (χ3n) is 4.11. The summed E-state index contributed by atoms with van der Waals surface area (Å²) in [5.41, 5.74) is 0. The van der Waals surface area contributed by atoms with Crippen LogP contribution in [0.25, 0.3) is 0 Å². The van der Waals surface area contributed by atoms with Crippen LogP contribution >= 0.6 is 11.8 Å². The van der Waals surface area contributed by atoms with Gasteiger partial charge in [-0.1, -0.05) is 27.7 Å². The summed E-state index contributed by atoms with van der Waals surface area (Å²) in [4.78, 5) is 14.8. The average Bonchev–Trinajstić information content (AvgIpc) is 2.50. The van der Waals surface area contributed by atoms with Gasteiger partial charge in [-0.05, 0) is 37.4 Å². The van der Waals surface area contributed by atoms with Gasteiger partial charge in [0.2, 0.25) is 5.91 Å². The number of nitrogens with zero attached hydrogens (tertiary/aromatic N) is 1. The van der Waals surface area contributed by atoms with E-state index in [1.54, 1.807) is 11.8 Å². The van der Waals surface area contributed by atoms with Crippen molar-refractivity contribution in [2.45, 2.75) is 53.0 Å². The second kappa shape index (κ2) is 7.42. The van der Waals surface area contributed by atoms with Crippen molar-refractivity contribution in [3.05, 3.63) is 0 Å². The first-order valence-electron chi connectivity index (χ1n) is 7.26. The van der Waals surface area contributed by atoms with Gasteiger partial charge in [0.25, 0.3) is 0 Å². The topological polar surface area (TPSA) is 20.3 Å². The van der Waals surface area contributed by atoms with Crippen LogP contribution < -0.4 is 0 Å². The van der Waals surface area contributed by atoms with E-state index in [0.29, 0.717) is 17.9 Å². The molecule has 1 fully saturated rings. The normalized spacial score (nSPS) is 27.1. The number of hydrogen-bond donors (Lipinski definition) is 0. The number of hydrogen-bond acceptors (Lipinski definition) is 2.